The summed E-state index contributed by atoms with van der Waals surface area (Å²) in [4.78, 5) is 16.5. The molecule has 0 fully saturated rings. The molecule has 3 rings (SSSR count). The van der Waals surface area contributed by atoms with E-state index in [2.05, 4.69) is 10.3 Å². The van der Waals surface area contributed by atoms with Crippen LogP contribution in [0.15, 0.2) is 51.8 Å². The van der Waals surface area contributed by atoms with Crippen LogP contribution >= 0.6 is 0 Å². The van der Waals surface area contributed by atoms with Gasteiger partial charge in [-0.3, -0.25) is 4.79 Å². The number of hydrogen-bond acceptors (Lipinski definition) is 5. The zero-order valence-corrected chi connectivity index (χ0v) is 15.6. The quantitative estimate of drug-likeness (QED) is 0.734. The number of nitrogens with zero attached hydrogens (tertiary/aromatic N) is 1. The van der Waals surface area contributed by atoms with Gasteiger partial charge in [-0.2, -0.15) is 0 Å². The molecule has 1 aromatic heterocycles. The van der Waals surface area contributed by atoms with E-state index in [9.17, 15) is 13.2 Å². The van der Waals surface area contributed by atoms with Crippen LogP contribution in [0.4, 0.5) is 5.69 Å². The Morgan fingerprint density at radius 2 is 1.96 bits per heavy atom. The molecule has 0 aliphatic heterocycles. The fourth-order valence-electron chi connectivity index (χ4n) is 2.41. The molecule has 26 heavy (non-hydrogen) atoms. The van der Waals surface area contributed by atoms with Crippen LogP contribution in [0.25, 0.3) is 22.6 Å². The summed E-state index contributed by atoms with van der Waals surface area (Å²) in [5, 5.41) is 2.83. The van der Waals surface area contributed by atoms with Gasteiger partial charge in [0.05, 0.1) is 10.6 Å². The normalized spacial score (nSPS) is 11.8. The predicted molar refractivity (Wildman–Crippen MR) is 101 cm³/mol. The lowest BCUT2D eigenvalue weighted by molar-refractivity contribution is -0.118. The van der Waals surface area contributed by atoms with Crippen LogP contribution in [0.5, 0.6) is 0 Å². The standard InChI is InChI=1S/C19H20N2O4S/c1-4-26(23,24)15-8-9-17-16(11-15)21-19(25-17)13-6-5-7-14(10-13)20-18(22)12(2)3/h5-12H,4H2,1-3H3,(H,20,22). The Morgan fingerprint density at radius 1 is 1.19 bits per heavy atom. The third-order valence-electron chi connectivity index (χ3n) is 4.00. The molecule has 0 saturated carbocycles. The molecular formula is C19H20N2O4S. The molecular weight excluding hydrogens is 352 g/mol. The number of oxazole rings is 1. The fraction of sp³-hybridized carbons (Fsp3) is 0.263. The third kappa shape index (κ3) is 3.62. The van der Waals surface area contributed by atoms with E-state index in [4.69, 9.17) is 4.42 Å². The maximum Gasteiger partial charge on any atom is 0.227 e. The molecule has 0 atom stereocenters. The Labute approximate surface area is 152 Å². The van der Waals surface area contributed by atoms with E-state index in [1.807, 2.05) is 19.9 Å². The van der Waals surface area contributed by atoms with Crippen molar-refractivity contribution >= 4 is 32.5 Å². The molecule has 2 aromatic carbocycles. The van der Waals surface area contributed by atoms with E-state index in [-0.39, 0.29) is 22.5 Å². The number of hydrogen-bond donors (Lipinski definition) is 1. The summed E-state index contributed by atoms with van der Waals surface area (Å²) in [6, 6.07) is 11.8. The molecule has 1 amide bonds. The highest BCUT2D eigenvalue weighted by atomic mass is 32.2. The van der Waals surface area contributed by atoms with Gasteiger partial charge in [-0.15, -0.1) is 0 Å². The minimum Gasteiger partial charge on any atom is -0.436 e. The van der Waals surface area contributed by atoms with Gasteiger partial charge in [0.25, 0.3) is 0 Å². The number of anilines is 1. The minimum absolute atomic E-state index is 0.0286. The maximum absolute atomic E-state index is 12.0. The van der Waals surface area contributed by atoms with E-state index >= 15 is 0 Å². The second kappa shape index (κ2) is 6.92. The number of sulfone groups is 1. The zero-order valence-electron chi connectivity index (χ0n) is 14.8. The minimum atomic E-state index is -3.30. The first kappa shape index (κ1) is 18.1. The first-order chi connectivity index (χ1) is 12.3. The van der Waals surface area contributed by atoms with Crippen LogP contribution < -0.4 is 5.32 Å². The van der Waals surface area contributed by atoms with Crippen molar-refractivity contribution in [1.82, 2.24) is 4.98 Å². The summed E-state index contributed by atoms with van der Waals surface area (Å²) in [6.07, 6.45) is 0. The fourth-order valence-corrected chi connectivity index (χ4v) is 3.31. The van der Waals surface area contributed by atoms with Gasteiger partial charge in [0.15, 0.2) is 15.4 Å². The lowest BCUT2D eigenvalue weighted by atomic mass is 10.1. The molecule has 0 aliphatic carbocycles. The summed E-state index contributed by atoms with van der Waals surface area (Å²) in [5.41, 5.74) is 2.33. The number of carbonyl (C=O) groups excluding carboxylic acids is 1. The SMILES string of the molecule is CCS(=O)(=O)c1ccc2oc(-c3cccc(NC(=O)C(C)C)c3)nc2c1. The summed E-state index contributed by atoms with van der Waals surface area (Å²) in [6.45, 7) is 5.24. The van der Waals surface area contributed by atoms with Gasteiger partial charge in [-0.1, -0.05) is 26.8 Å². The van der Waals surface area contributed by atoms with E-state index in [1.165, 1.54) is 12.1 Å². The molecule has 0 radical (unpaired) electrons. The van der Waals surface area contributed by atoms with Crippen LogP contribution in [-0.4, -0.2) is 25.1 Å². The van der Waals surface area contributed by atoms with Crippen LogP contribution in [0, 0.1) is 5.92 Å². The summed E-state index contributed by atoms with van der Waals surface area (Å²) in [5.74, 6) is 0.198. The van der Waals surface area contributed by atoms with Crippen molar-refractivity contribution in [2.75, 3.05) is 11.1 Å². The van der Waals surface area contributed by atoms with Crippen molar-refractivity contribution in [2.24, 2.45) is 5.92 Å². The number of carbonyl (C=O) groups is 1. The Bertz CT molecular complexity index is 1070. The first-order valence-corrected chi connectivity index (χ1v) is 10.00. The van der Waals surface area contributed by atoms with Crippen molar-refractivity contribution in [3.63, 3.8) is 0 Å². The van der Waals surface area contributed by atoms with Gasteiger partial charge >= 0.3 is 0 Å². The van der Waals surface area contributed by atoms with Gasteiger partial charge < -0.3 is 9.73 Å². The molecule has 136 valence electrons. The average Bonchev–Trinajstić information content (AvgIpc) is 3.05. The molecule has 7 heteroatoms. The van der Waals surface area contributed by atoms with Crippen LogP contribution in [0.3, 0.4) is 0 Å². The number of rotatable bonds is 5. The highest BCUT2D eigenvalue weighted by Crippen LogP contribution is 2.28. The van der Waals surface area contributed by atoms with Gasteiger partial charge in [0.2, 0.25) is 11.8 Å². The molecule has 0 spiro atoms. The first-order valence-electron chi connectivity index (χ1n) is 8.35. The van der Waals surface area contributed by atoms with Crippen molar-refractivity contribution in [3.05, 3.63) is 42.5 Å². The molecule has 1 N–H and O–H groups in total. The van der Waals surface area contributed by atoms with Crippen molar-refractivity contribution in [1.29, 1.82) is 0 Å². The Hall–Kier alpha value is -2.67. The van der Waals surface area contributed by atoms with Crippen molar-refractivity contribution in [2.45, 2.75) is 25.7 Å². The Morgan fingerprint density at radius 3 is 2.65 bits per heavy atom. The number of fused-ring (bicyclic) bond motifs is 1. The maximum atomic E-state index is 12.0. The summed E-state index contributed by atoms with van der Waals surface area (Å²) in [7, 11) is -3.30. The predicted octanol–water partition coefficient (Wildman–Crippen LogP) is 3.88. The molecule has 1 heterocycles. The van der Waals surface area contributed by atoms with Gasteiger partial charge in [0, 0.05) is 17.2 Å². The molecule has 3 aromatic rings. The second-order valence-electron chi connectivity index (χ2n) is 6.28. The van der Waals surface area contributed by atoms with Gasteiger partial charge in [-0.25, -0.2) is 13.4 Å². The van der Waals surface area contributed by atoms with E-state index in [0.29, 0.717) is 28.2 Å². The topological polar surface area (TPSA) is 89.3 Å². The molecule has 0 unspecified atom stereocenters. The largest absolute Gasteiger partial charge is 0.436 e. The lowest BCUT2D eigenvalue weighted by Crippen LogP contribution is -2.17. The Kier molecular flexibility index (Phi) is 4.82. The molecule has 0 saturated heterocycles. The van der Waals surface area contributed by atoms with Crippen LogP contribution in [-0.2, 0) is 14.6 Å². The molecule has 6 nitrogen and oxygen atoms in total. The third-order valence-corrected chi connectivity index (χ3v) is 5.73. The lowest BCUT2D eigenvalue weighted by Gasteiger charge is -2.08. The monoisotopic (exact) mass is 372 g/mol. The van der Waals surface area contributed by atoms with E-state index in [0.717, 1.165) is 0 Å². The highest BCUT2D eigenvalue weighted by molar-refractivity contribution is 7.91. The van der Waals surface area contributed by atoms with Gasteiger partial charge in [-0.05, 0) is 36.4 Å². The summed E-state index contributed by atoms with van der Waals surface area (Å²) >= 11 is 0. The second-order valence-corrected chi connectivity index (χ2v) is 8.55. The van der Waals surface area contributed by atoms with Crippen LogP contribution in [0.2, 0.25) is 0 Å². The smallest absolute Gasteiger partial charge is 0.227 e. The van der Waals surface area contributed by atoms with E-state index < -0.39 is 9.84 Å². The average molecular weight is 372 g/mol. The number of amides is 1. The number of benzene rings is 2. The molecule has 0 bridgehead atoms. The number of aromatic nitrogens is 1. The zero-order chi connectivity index (χ0) is 18.9. The van der Waals surface area contributed by atoms with Crippen molar-refractivity contribution < 1.29 is 17.6 Å². The van der Waals surface area contributed by atoms with Crippen LogP contribution in [0.1, 0.15) is 20.8 Å². The highest BCUT2D eigenvalue weighted by Gasteiger charge is 2.15. The van der Waals surface area contributed by atoms with Gasteiger partial charge in [0.1, 0.15) is 5.52 Å². The molecule has 0 aliphatic rings. The number of nitrogens with one attached hydrogen (secondary N) is 1. The summed E-state index contributed by atoms with van der Waals surface area (Å²) < 4.78 is 29.8. The van der Waals surface area contributed by atoms with E-state index in [1.54, 1.807) is 31.2 Å². The Balaban J connectivity index is 1.97. The van der Waals surface area contributed by atoms with Crippen molar-refractivity contribution in [3.8, 4) is 11.5 Å².